The van der Waals surface area contributed by atoms with Crippen LogP contribution in [0.3, 0.4) is 0 Å². The molecule has 9 nitrogen and oxygen atoms in total. The number of aromatic nitrogens is 7. The van der Waals surface area contributed by atoms with E-state index in [1.807, 2.05) is 25.5 Å². The lowest BCUT2D eigenvalue weighted by molar-refractivity contribution is 0.386. The standard InChI is InChI=1S/C20H20N8O/c1-20(14-3-4-14,18-26-17(29-27-18)13-9-25-28(2)11-13)15-5-6-16(22-10-15)12-7-23-19(21)24-8-12/h5-11,14H,3-4H2,1-2H3,(H2,21,23,24). The molecule has 2 N–H and O–H groups in total. The van der Waals surface area contributed by atoms with Crippen LogP contribution < -0.4 is 5.73 Å². The first-order valence-corrected chi connectivity index (χ1v) is 9.41. The summed E-state index contributed by atoms with van der Waals surface area (Å²) < 4.78 is 7.26. The Morgan fingerprint density at radius 2 is 1.86 bits per heavy atom. The maximum atomic E-state index is 5.57. The predicted molar refractivity (Wildman–Crippen MR) is 105 cm³/mol. The molecule has 29 heavy (non-hydrogen) atoms. The van der Waals surface area contributed by atoms with Crippen molar-refractivity contribution >= 4 is 5.95 Å². The van der Waals surface area contributed by atoms with Crippen LogP contribution in [-0.2, 0) is 12.5 Å². The van der Waals surface area contributed by atoms with Crippen molar-refractivity contribution in [2.75, 3.05) is 5.73 Å². The lowest BCUT2D eigenvalue weighted by Gasteiger charge is -2.26. The molecule has 1 aliphatic carbocycles. The molecule has 1 fully saturated rings. The van der Waals surface area contributed by atoms with Gasteiger partial charge in [0.1, 0.15) is 0 Å². The van der Waals surface area contributed by atoms with Gasteiger partial charge in [-0.3, -0.25) is 9.67 Å². The van der Waals surface area contributed by atoms with Crippen LogP contribution in [0.4, 0.5) is 5.95 Å². The van der Waals surface area contributed by atoms with Gasteiger partial charge >= 0.3 is 0 Å². The highest BCUT2D eigenvalue weighted by atomic mass is 16.5. The fourth-order valence-electron chi connectivity index (χ4n) is 3.63. The minimum Gasteiger partial charge on any atom is -0.368 e. The molecule has 146 valence electrons. The largest absolute Gasteiger partial charge is 0.368 e. The van der Waals surface area contributed by atoms with E-state index in [4.69, 9.17) is 15.2 Å². The molecule has 0 spiro atoms. The van der Waals surface area contributed by atoms with Gasteiger partial charge in [-0.05, 0) is 37.3 Å². The first-order valence-electron chi connectivity index (χ1n) is 9.41. The van der Waals surface area contributed by atoms with Crippen molar-refractivity contribution in [2.24, 2.45) is 13.0 Å². The Hall–Kier alpha value is -3.62. The Balaban J connectivity index is 1.50. The SMILES string of the molecule is Cn1cc(-c2nc(C(C)(c3ccc(-c4cnc(N)nc4)nc3)C3CC3)no2)cn1. The minimum absolute atomic E-state index is 0.244. The fraction of sp³-hybridized carbons (Fsp3) is 0.300. The number of hydrogen-bond acceptors (Lipinski definition) is 8. The van der Waals surface area contributed by atoms with Crippen molar-refractivity contribution in [3.63, 3.8) is 0 Å². The Bertz CT molecular complexity index is 1140. The molecule has 1 unspecified atom stereocenters. The number of pyridine rings is 1. The number of rotatable bonds is 5. The maximum Gasteiger partial charge on any atom is 0.261 e. The van der Waals surface area contributed by atoms with Gasteiger partial charge in [0.2, 0.25) is 5.95 Å². The Kier molecular flexibility index (Phi) is 3.90. The fourth-order valence-corrected chi connectivity index (χ4v) is 3.63. The van der Waals surface area contributed by atoms with Crippen LogP contribution in [0.1, 0.15) is 31.2 Å². The van der Waals surface area contributed by atoms with Crippen LogP contribution in [0.25, 0.3) is 22.7 Å². The monoisotopic (exact) mass is 388 g/mol. The van der Waals surface area contributed by atoms with Crippen molar-refractivity contribution in [1.29, 1.82) is 0 Å². The summed E-state index contributed by atoms with van der Waals surface area (Å²) in [5, 5.41) is 8.49. The van der Waals surface area contributed by atoms with Gasteiger partial charge in [0.15, 0.2) is 5.82 Å². The van der Waals surface area contributed by atoms with Crippen molar-refractivity contribution in [3.8, 4) is 22.7 Å². The molecule has 0 aromatic carbocycles. The maximum absolute atomic E-state index is 5.57. The third-order valence-electron chi connectivity index (χ3n) is 5.57. The molecule has 1 aliphatic rings. The summed E-state index contributed by atoms with van der Waals surface area (Å²) in [5.41, 5.74) is 8.66. The normalized spacial score (nSPS) is 15.9. The van der Waals surface area contributed by atoms with E-state index in [1.165, 1.54) is 0 Å². The first kappa shape index (κ1) is 17.5. The highest BCUT2D eigenvalue weighted by molar-refractivity contribution is 5.58. The molecule has 1 saturated carbocycles. The molecule has 0 saturated heterocycles. The molecular formula is C20H20N8O. The van der Waals surface area contributed by atoms with Crippen LogP contribution in [-0.4, -0.2) is 34.9 Å². The number of anilines is 1. The smallest absolute Gasteiger partial charge is 0.261 e. The third-order valence-corrected chi connectivity index (χ3v) is 5.57. The topological polar surface area (TPSA) is 121 Å². The molecule has 4 aromatic rings. The molecule has 1 atom stereocenters. The van der Waals surface area contributed by atoms with E-state index < -0.39 is 0 Å². The van der Waals surface area contributed by atoms with E-state index in [2.05, 4.69) is 38.2 Å². The number of nitrogen functional groups attached to an aromatic ring is 1. The lowest BCUT2D eigenvalue weighted by atomic mass is 9.77. The summed E-state index contributed by atoms with van der Waals surface area (Å²) in [6.45, 7) is 2.16. The van der Waals surface area contributed by atoms with Crippen LogP contribution in [0.15, 0.2) is 47.6 Å². The summed E-state index contributed by atoms with van der Waals surface area (Å²) in [4.78, 5) is 17.4. The van der Waals surface area contributed by atoms with Gasteiger partial charge in [-0.1, -0.05) is 11.2 Å². The van der Waals surface area contributed by atoms with Gasteiger partial charge in [-0.25, -0.2) is 9.97 Å². The second-order valence-corrected chi connectivity index (χ2v) is 7.56. The van der Waals surface area contributed by atoms with E-state index >= 15 is 0 Å². The Morgan fingerprint density at radius 3 is 2.48 bits per heavy atom. The number of nitrogens with two attached hydrogens (primary N) is 1. The zero-order valence-electron chi connectivity index (χ0n) is 16.1. The van der Waals surface area contributed by atoms with Crippen LogP contribution in [0.5, 0.6) is 0 Å². The van der Waals surface area contributed by atoms with Gasteiger partial charge in [-0.2, -0.15) is 10.1 Å². The molecule has 4 heterocycles. The Labute approximate surface area is 167 Å². The van der Waals surface area contributed by atoms with Gasteiger partial charge in [0.25, 0.3) is 5.89 Å². The van der Waals surface area contributed by atoms with Crippen LogP contribution >= 0.6 is 0 Å². The summed E-state index contributed by atoms with van der Waals surface area (Å²) in [5.74, 6) is 1.84. The highest BCUT2D eigenvalue weighted by Crippen LogP contribution is 2.50. The van der Waals surface area contributed by atoms with Crippen molar-refractivity contribution in [2.45, 2.75) is 25.2 Å². The first-order chi connectivity index (χ1) is 14.0. The summed E-state index contributed by atoms with van der Waals surface area (Å²) in [6, 6.07) is 4.03. The van der Waals surface area contributed by atoms with E-state index in [1.54, 1.807) is 23.3 Å². The lowest BCUT2D eigenvalue weighted by Crippen LogP contribution is -2.28. The third kappa shape index (κ3) is 3.04. The van der Waals surface area contributed by atoms with E-state index in [0.29, 0.717) is 17.6 Å². The van der Waals surface area contributed by atoms with Crippen molar-refractivity contribution in [1.82, 2.24) is 34.9 Å². The average Bonchev–Trinajstić information content (AvgIpc) is 3.32. The second-order valence-electron chi connectivity index (χ2n) is 7.56. The van der Waals surface area contributed by atoms with Crippen molar-refractivity contribution < 1.29 is 4.52 Å². The van der Waals surface area contributed by atoms with Gasteiger partial charge in [0.05, 0.1) is 22.9 Å². The molecule has 9 heteroatoms. The zero-order valence-corrected chi connectivity index (χ0v) is 16.1. The number of aryl methyl sites for hydroxylation is 1. The van der Waals surface area contributed by atoms with Crippen LogP contribution in [0.2, 0.25) is 0 Å². The zero-order chi connectivity index (χ0) is 20.0. The highest BCUT2D eigenvalue weighted by Gasteiger charge is 2.47. The molecule has 0 amide bonds. The molecule has 5 rings (SSSR count). The molecule has 4 aromatic heterocycles. The molecule has 0 bridgehead atoms. The van der Waals surface area contributed by atoms with E-state index in [9.17, 15) is 0 Å². The molecule has 0 aliphatic heterocycles. The van der Waals surface area contributed by atoms with Gasteiger partial charge < -0.3 is 10.3 Å². The minimum atomic E-state index is -0.368. The number of hydrogen-bond donors (Lipinski definition) is 1. The summed E-state index contributed by atoms with van der Waals surface area (Å²) in [6.07, 6.45) is 11.0. The molecular weight excluding hydrogens is 368 g/mol. The van der Waals surface area contributed by atoms with E-state index in [-0.39, 0.29) is 11.4 Å². The Morgan fingerprint density at radius 1 is 1.07 bits per heavy atom. The van der Waals surface area contributed by atoms with Crippen LogP contribution in [0, 0.1) is 5.92 Å². The second kappa shape index (κ2) is 6.47. The average molecular weight is 388 g/mol. The van der Waals surface area contributed by atoms with Crippen molar-refractivity contribution in [3.05, 3.63) is 54.5 Å². The predicted octanol–water partition coefficient (Wildman–Crippen LogP) is 2.62. The van der Waals surface area contributed by atoms with Gasteiger partial charge in [0, 0.05) is 37.4 Å². The summed E-state index contributed by atoms with van der Waals surface area (Å²) >= 11 is 0. The van der Waals surface area contributed by atoms with E-state index in [0.717, 1.165) is 35.2 Å². The number of nitrogens with zero attached hydrogens (tertiary/aromatic N) is 7. The molecule has 0 radical (unpaired) electrons. The summed E-state index contributed by atoms with van der Waals surface area (Å²) in [7, 11) is 1.86. The van der Waals surface area contributed by atoms with Gasteiger partial charge in [-0.15, -0.1) is 0 Å². The quantitative estimate of drug-likeness (QED) is 0.554.